The van der Waals surface area contributed by atoms with Gasteiger partial charge < -0.3 is 9.64 Å². The van der Waals surface area contributed by atoms with E-state index in [1.807, 2.05) is 11.8 Å². The van der Waals surface area contributed by atoms with Crippen molar-refractivity contribution in [3.63, 3.8) is 0 Å². The molecule has 3 rings (SSSR count). The Morgan fingerprint density at radius 3 is 2.58 bits per heavy atom. The molecule has 2 aromatic carbocycles. The second-order valence-electron chi connectivity index (χ2n) is 6.26. The smallest absolute Gasteiger partial charge is 0.127 e. The summed E-state index contributed by atoms with van der Waals surface area (Å²) in [7, 11) is 0. The summed E-state index contributed by atoms with van der Waals surface area (Å²) in [4.78, 5) is 2.49. The number of thioether (sulfide) groups is 1. The van der Waals surface area contributed by atoms with Gasteiger partial charge in [0, 0.05) is 17.9 Å². The van der Waals surface area contributed by atoms with Crippen molar-refractivity contribution in [2.45, 2.75) is 32.6 Å². The Kier molecular flexibility index (Phi) is 5.85. The first-order chi connectivity index (χ1) is 11.7. The van der Waals surface area contributed by atoms with Gasteiger partial charge in [-0.1, -0.05) is 56.3 Å². The second kappa shape index (κ2) is 8.09. The van der Waals surface area contributed by atoms with Gasteiger partial charge in [0.2, 0.25) is 0 Å². The highest BCUT2D eigenvalue weighted by Gasteiger charge is 2.25. The summed E-state index contributed by atoms with van der Waals surface area (Å²) in [5.74, 6) is 2.21. The monoisotopic (exact) mass is 341 g/mol. The second-order valence-corrected chi connectivity index (χ2v) is 7.47. The third kappa shape index (κ3) is 3.62. The van der Waals surface area contributed by atoms with Crippen molar-refractivity contribution >= 4 is 11.8 Å². The van der Waals surface area contributed by atoms with Crippen LogP contribution in [0.4, 0.5) is 0 Å². The normalized spacial score (nSPS) is 16.2. The zero-order valence-corrected chi connectivity index (χ0v) is 15.7. The number of hydrogen-bond donors (Lipinski definition) is 0. The van der Waals surface area contributed by atoms with Gasteiger partial charge in [0.1, 0.15) is 12.4 Å². The zero-order valence-electron chi connectivity index (χ0n) is 14.9. The van der Waals surface area contributed by atoms with Crippen LogP contribution in [0.25, 0.3) is 0 Å². The van der Waals surface area contributed by atoms with Crippen molar-refractivity contribution in [3.8, 4) is 5.75 Å². The molecule has 1 atom stereocenters. The molecule has 1 heterocycles. The van der Waals surface area contributed by atoms with Gasteiger partial charge in [0.05, 0.1) is 5.25 Å². The van der Waals surface area contributed by atoms with Crippen molar-refractivity contribution in [2.24, 2.45) is 0 Å². The first-order valence-electron chi connectivity index (χ1n) is 8.88. The largest absolute Gasteiger partial charge is 0.488 e. The summed E-state index contributed by atoms with van der Waals surface area (Å²) in [5, 5.41) is 0.356. The maximum atomic E-state index is 6.18. The van der Waals surface area contributed by atoms with Crippen LogP contribution in [-0.4, -0.2) is 30.3 Å². The molecule has 128 valence electrons. The van der Waals surface area contributed by atoms with E-state index in [0.29, 0.717) is 11.9 Å². The first kappa shape index (κ1) is 17.4. The molecule has 1 unspecified atom stereocenters. The number of hydrogen-bond acceptors (Lipinski definition) is 3. The molecule has 3 heteroatoms. The van der Waals surface area contributed by atoms with Gasteiger partial charge in [0.15, 0.2) is 0 Å². The quantitative estimate of drug-likeness (QED) is 0.729. The lowest BCUT2D eigenvalue weighted by Gasteiger charge is -2.22. The highest BCUT2D eigenvalue weighted by molar-refractivity contribution is 7.99. The van der Waals surface area contributed by atoms with E-state index in [-0.39, 0.29) is 0 Å². The van der Waals surface area contributed by atoms with Gasteiger partial charge in [-0.05, 0) is 36.7 Å². The predicted octanol–water partition coefficient (Wildman–Crippen LogP) is 5.05. The minimum atomic E-state index is 0.356. The number of benzene rings is 2. The van der Waals surface area contributed by atoms with Crippen LogP contribution in [0, 0.1) is 6.92 Å². The summed E-state index contributed by atoms with van der Waals surface area (Å²) in [6, 6.07) is 15.3. The maximum absolute atomic E-state index is 6.18. The van der Waals surface area contributed by atoms with Gasteiger partial charge in [-0.25, -0.2) is 0 Å². The van der Waals surface area contributed by atoms with Crippen molar-refractivity contribution in [3.05, 3.63) is 64.7 Å². The molecule has 0 aliphatic carbocycles. The molecule has 0 radical (unpaired) electrons. The van der Waals surface area contributed by atoms with E-state index in [1.54, 1.807) is 0 Å². The summed E-state index contributed by atoms with van der Waals surface area (Å²) < 4.78 is 6.18. The van der Waals surface area contributed by atoms with Gasteiger partial charge in [-0.2, -0.15) is 0 Å². The summed E-state index contributed by atoms with van der Waals surface area (Å²) in [5.41, 5.74) is 5.28. The van der Waals surface area contributed by atoms with Crippen molar-refractivity contribution in [2.75, 3.05) is 25.4 Å². The fourth-order valence-electron chi connectivity index (χ4n) is 3.34. The lowest BCUT2D eigenvalue weighted by atomic mass is 9.99. The van der Waals surface area contributed by atoms with Crippen LogP contribution in [0.15, 0.2) is 42.5 Å². The average Bonchev–Trinajstić information content (AvgIpc) is 2.77. The first-order valence-corrected chi connectivity index (χ1v) is 9.93. The topological polar surface area (TPSA) is 12.5 Å². The number of rotatable bonds is 6. The molecule has 0 aromatic heterocycles. The molecule has 1 aliphatic rings. The van der Waals surface area contributed by atoms with Gasteiger partial charge in [-0.15, -0.1) is 11.8 Å². The number of aryl methyl sites for hydroxylation is 1. The number of nitrogens with zero attached hydrogens (tertiary/aromatic N) is 1. The fourth-order valence-corrected chi connectivity index (χ4v) is 4.71. The highest BCUT2D eigenvalue weighted by Crippen LogP contribution is 2.45. The zero-order chi connectivity index (χ0) is 16.9. The molecule has 2 aromatic rings. The Bertz CT molecular complexity index is 681. The van der Waals surface area contributed by atoms with Gasteiger partial charge in [-0.3, -0.25) is 0 Å². The Morgan fingerprint density at radius 2 is 1.79 bits per heavy atom. The molecule has 0 fully saturated rings. The van der Waals surface area contributed by atoms with Crippen molar-refractivity contribution in [1.82, 2.24) is 4.90 Å². The minimum absolute atomic E-state index is 0.356. The number of fused-ring (bicyclic) bond motifs is 2. The van der Waals surface area contributed by atoms with Crippen LogP contribution in [0.2, 0.25) is 0 Å². The Labute approximate surface area is 150 Å². The van der Waals surface area contributed by atoms with E-state index >= 15 is 0 Å². The van der Waals surface area contributed by atoms with Crippen LogP contribution in [0.3, 0.4) is 0 Å². The Balaban J connectivity index is 1.90. The van der Waals surface area contributed by atoms with Gasteiger partial charge >= 0.3 is 0 Å². The number of para-hydroxylation sites is 1. The van der Waals surface area contributed by atoms with E-state index in [9.17, 15) is 0 Å². The molecular formula is C21H27NOS. The van der Waals surface area contributed by atoms with E-state index in [2.05, 4.69) is 68.1 Å². The van der Waals surface area contributed by atoms with E-state index in [4.69, 9.17) is 4.74 Å². The Hall–Kier alpha value is -1.45. The summed E-state index contributed by atoms with van der Waals surface area (Å²) >= 11 is 2.04. The molecule has 0 N–H and O–H groups in total. The number of ether oxygens (including phenoxy) is 1. The highest BCUT2D eigenvalue weighted by atomic mass is 32.2. The van der Waals surface area contributed by atoms with Crippen LogP contribution in [0.1, 0.15) is 41.4 Å². The van der Waals surface area contributed by atoms with E-state index in [1.165, 1.54) is 22.3 Å². The minimum Gasteiger partial charge on any atom is -0.488 e. The molecule has 24 heavy (non-hydrogen) atoms. The van der Waals surface area contributed by atoms with Crippen molar-refractivity contribution < 1.29 is 4.74 Å². The maximum Gasteiger partial charge on any atom is 0.127 e. The SMILES string of the molecule is CCN(CC)CCSC1c2ccccc2COc2c(C)cccc21. The van der Waals surface area contributed by atoms with Crippen LogP contribution in [-0.2, 0) is 6.61 Å². The summed E-state index contributed by atoms with van der Waals surface area (Å²) in [6.45, 7) is 10.7. The average molecular weight is 342 g/mol. The lowest BCUT2D eigenvalue weighted by molar-refractivity contribution is 0.305. The van der Waals surface area contributed by atoms with E-state index in [0.717, 1.165) is 31.1 Å². The molecule has 0 spiro atoms. The van der Waals surface area contributed by atoms with Crippen molar-refractivity contribution in [1.29, 1.82) is 0 Å². The van der Waals surface area contributed by atoms with Gasteiger partial charge in [0.25, 0.3) is 0 Å². The molecular weight excluding hydrogens is 314 g/mol. The molecule has 0 saturated carbocycles. The molecule has 0 saturated heterocycles. The molecule has 0 bridgehead atoms. The third-order valence-electron chi connectivity index (χ3n) is 4.82. The van der Waals surface area contributed by atoms with Crippen LogP contribution in [0.5, 0.6) is 5.75 Å². The third-order valence-corrected chi connectivity index (χ3v) is 6.08. The summed E-state index contributed by atoms with van der Waals surface area (Å²) in [6.07, 6.45) is 0. The molecule has 1 aliphatic heterocycles. The Morgan fingerprint density at radius 1 is 1.04 bits per heavy atom. The molecule has 2 nitrogen and oxygen atoms in total. The van der Waals surface area contributed by atoms with Crippen LogP contribution >= 0.6 is 11.8 Å². The molecule has 0 amide bonds. The lowest BCUT2D eigenvalue weighted by Crippen LogP contribution is -2.25. The standard InChI is InChI=1S/C21H27NOS/c1-4-22(5-2)13-14-24-21-18-11-7-6-10-17(18)15-23-20-16(3)9-8-12-19(20)21/h6-12,21H,4-5,13-15H2,1-3H3. The predicted molar refractivity (Wildman–Crippen MR) is 104 cm³/mol. The van der Waals surface area contributed by atoms with Crippen LogP contribution < -0.4 is 4.74 Å². The fraction of sp³-hybridized carbons (Fsp3) is 0.429. The van der Waals surface area contributed by atoms with E-state index < -0.39 is 0 Å².